The number of imide groups is 1. The van der Waals surface area contributed by atoms with E-state index in [2.05, 4.69) is 0 Å². The third kappa shape index (κ3) is 2.01. The average molecular weight is 233 g/mol. The molecule has 0 saturated carbocycles. The fraction of sp³-hybridized carbons (Fsp3) is 0.333. The van der Waals surface area contributed by atoms with Crippen LogP contribution in [0.4, 0.5) is 11.4 Å². The van der Waals surface area contributed by atoms with Crippen molar-refractivity contribution in [3.8, 4) is 0 Å². The molecule has 1 saturated heterocycles. The number of nitrogens with two attached hydrogens (primary N) is 1. The Kier molecular flexibility index (Phi) is 2.85. The van der Waals surface area contributed by atoms with Crippen molar-refractivity contribution >= 4 is 23.2 Å². The SMILES string of the molecule is CN(C)c1ccc(N2C(=O)C[C@H](N)C2=O)cc1. The summed E-state index contributed by atoms with van der Waals surface area (Å²) in [6.07, 6.45) is 0.0915. The van der Waals surface area contributed by atoms with Gasteiger partial charge in [0.2, 0.25) is 5.91 Å². The fourth-order valence-electron chi connectivity index (χ4n) is 1.83. The Balaban J connectivity index is 2.29. The van der Waals surface area contributed by atoms with Crippen LogP contribution in [-0.4, -0.2) is 32.0 Å². The highest BCUT2D eigenvalue weighted by Gasteiger charge is 2.37. The maximum absolute atomic E-state index is 11.7. The van der Waals surface area contributed by atoms with Crippen molar-refractivity contribution in [2.45, 2.75) is 12.5 Å². The quantitative estimate of drug-likeness (QED) is 0.748. The van der Waals surface area contributed by atoms with Crippen molar-refractivity contribution < 1.29 is 9.59 Å². The summed E-state index contributed by atoms with van der Waals surface area (Å²) < 4.78 is 0. The van der Waals surface area contributed by atoms with Crippen LogP contribution in [0, 0.1) is 0 Å². The van der Waals surface area contributed by atoms with Gasteiger partial charge in [-0.15, -0.1) is 0 Å². The number of rotatable bonds is 2. The van der Waals surface area contributed by atoms with E-state index in [0.29, 0.717) is 5.69 Å². The van der Waals surface area contributed by atoms with Gasteiger partial charge in [0.25, 0.3) is 5.91 Å². The zero-order valence-corrected chi connectivity index (χ0v) is 9.88. The first-order valence-electron chi connectivity index (χ1n) is 5.40. The molecule has 1 atom stereocenters. The van der Waals surface area contributed by atoms with Gasteiger partial charge in [-0.25, -0.2) is 4.90 Å². The second-order valence-electron chi connectivity index (χ2n) is 4.29. The molecule has 1 fully saturated rings. The van der Waals surface area contributed by atoms with Crippen molar-refractivity contribution in [2.75, 3.05) is 23.9 Å². The summed E-state index contributed by atoms with van der Waals surface area (Å²) in [6.45, 7) is 0. The van der Waals surface area contributed by atoms with Crippen molar-refractivity contribution in [2.24, 2.45) is 5.73 Å². The maximum Gasteiger partial charge on any atom is 0.251 e. The van der Waals surface area contributed by atoms with E-state index in [0.717, 1.165) is 10.6 Å². The van der Waals surface area contributed by atoms with Crippen LogP contribution in [0.1, 0.15) is 6.42 Å². The Hall–Kier alpha value is -1.88. The van der Waals surface area contributed by atoms with Crippen LogP contribution in [0.5, 0.6) is 0 Å². The van der Waals surface area contributed by atoms with E-state index in [9.17, 15) is 9.59 Å². The minimum Gasteiger partial charge on any atom is -0.378 e. The van der Waals surface area contributed by atoms with Crippen LogP contribution in [0.25, 0.3) is 0 Å². The molecule has 0 unspecified atom stereocenters. The van der Waals surface area contributed by atoms with Crippen molar-refractivity contribution in [1.82, 2.24) is 0 Å². The third-order valence-electron chi connectivity index (χ3n) is 2.81. The minimum absolute atomic E-state index is 0.0915. The molecular weight excluding hydrogens is 218 g/mol. The molecule has 5 nitrogen and oxygen atoms in total. The molecule has 2 amide bonds. The van der Waals surface area contributed by atoms with Gasteiger partial charge in [0.1, 0.15) is 0 Å². The standard InChI is InChI=1S/C12H15N3O2/c1-14(2)8-3-5-9(6-4-8)15-11(16)7-10(13)12(15)17/h3-6,10H,7,13H2,1-2H3/t10-/m0/s1. The molecule has 0 spiro atoms. The summed E-state index contributed by atoms with van der Waals surface area (Å²) in [7, 11) is 3.86. The summed E-state index contributed by atoms with van der Waals surface area (Å²) in [5, 5.41) is 0. The molecule has 90 valence electrons. The predicted molar refractivity (Wildman–Crippen MR) is 65.9 cm³/mol. The Morgan fingerprint density at radius 1 is 1.24 bits per heavy atom. The molecule has 1 aliphatic rings. The first-order chi connectivity index (χ1) is 8.00. The zero-order chi connectivity index (χ0) is 12.6. The number of hydrogen-bond acceptors (Lipinski definition) is 4. The number of benzene rings is 1. The molecule has 2 rings (SSSR count). The van der Waals surface area contributed by atoms with E-state index in [-0.39, 0.29) is 18.2 Å². The van der Waals surface area contributed by atoms with Gasteiger partial charge in [-0.3, -0.25) is 9.59 Å². The topological polar surface area (TPSA) is 66.6 Å². The normalized spacial score (nSPS) is 19.9. The van der Waals surface area contributed by atoms with Gasteiger partial charge in [-0.1, -0.05) is 0 Å². The van der Waals surface area contributed by atoms with Crippen LogP contribution < -0.4 is 15.5 Å². The lowest BCUT2D eigenvalue weighted by atomic mass is 10.2. The second kappa shape index (κ2) is 4.18. The summed E-state index contributed by atoms with van der Waals surface area (Å²) in [5.74, 6) is -0.562. The Morgan fingerprint density at radius 2 is 1.82 bits per heavy atom. The highest BCUT2D eigenvalue weighted by atomic mass is 16.2. The van der Waals surface area contributed by atoms with Crippen molar-refractivity contribution in [1.29, 1.82) is 0 Å². The number of carbonyl (C=O) groups excluding carboxylic acids is 2. The van der Waals surface area contributed by atoms with Gasteiger partial charge >= 0.3 is 0 Å². The summed E-state index contributed by atoms with van der Waals surface area (Å²) in [4.78, 5) is 26.4. The highest BCUT2D eigenvalue weighted by Crippen LogP contribution is 2.24. The van der Waals surface area contributed by atoms with Gasteiger partial charge < -0.3 is 10.6 Å². The number of amides is 2. The monoisotopic (exact) mass is 233 g/mol. The van der Waals surface area contributed by atoms with E-state index < -0.39 is 6.04 Å². The molecule has 0 aromatic heterocycles. The van der Waals surface area contributed by atoms with E-state index in [4.69, 9.17) is 5.73 Å². The number of carbonyl (C=O) groups is 2. The Labute approximate surface area is 99.8 Å². The molecular formula is C12H15N3O2. The van der Waals surface area contributed by atoms with Crippen LogP contribution >= 0.6 is 0 Å². The van der Waals surface area contributed by atoms with Gasteiger partial charge in [0.15, 0.2) is 0 Å². The predicted octanol–water partition coefficient (Wildman–Crippen LogP) is 0.343. The maximum atomic E-state index is 11.7. The Bertz CT molecular complexity index is 453. The van der Waals surface area contributed by atoms with Crippen molar-refractivity contribution in [3.63, 3.8) is 0 Å². The molecule has 17 heavy (non-hydrogen) atoms. The third-order valence-corrected chi connectivity index (χ3v) is 2.81. The highest BCUT2D eigenvalue weighted by molar-refractivity contribution is 6.22. The van der Waals surface area contributed by atoms with Crippen LogP contribution in [0.3, 0.4) is 0 Å². The summed E-state index contributed by atoms with van der Waals surface area (Å²) >= 11 is 0. The summed E-state index contributed by atoms with van der Waals surface area (Å²) in [5.41, 5.74) is 7.15. The van der Waals surface area contributed by atoms with Crippen LogP contribution in [0.2, 0.25) is 0 Å². The lowest BCUT2D eigenvalue weighted by Crippen LogP contribution is -2.35. The fourth-order valence-corrected chi connectivity index (χ4v) is 1.83. The van der Waals surface area contributed by atoms with E-state index >= 15 is 0 Å². The number of anilines is 2. The van der Waals surface area contributed by atoms with Gasteiger partial charge in [0, 0.05) is 19.8 Å². The lowest BCUT2D eigenvalue weighted by Gasteiger charge is -2.17. The van der Waals surface area contributed by atoms with Gasteiger partial charge in [-0.05, 0) is 24.3 Å². The molecule has 0 bridgehead atoms. The smallest absolute Gasteiger partial charge is 0.251 e. The minimum atomic E-state index is -0.698. The molecule has 5 heteroatoms. The largest absolute Gasteiger partial charge is 0.378 e. The van der Waals surface area contributed by atoms with Gasteiger partial charge in [0.05, 0.1) is 18.2 Å². The molecule has 0 aliphatic carbocycles. The Morgan fingerprint density at radius 3 is 2.24 bits per heavy atom. The molecule has 1 aromatic rings. The van der Waals surface area contributed by atoms with Crippen molar-refractivity contribution in [3.05, 3.63) is 24.3 Å². The van der Waals surface area contributed by atoms with Crippen LogP contribution in [-0.2, 0) is 9.59 Å². The lowest BCUT2D eigenvalue weighted by molar-refractivity contribution is -0.121. The zero-order valence-electron chi connectivity index (χ0n) is 9.88. The molecule has 0 radical (unpaired) electrons. The van der Waals surface area contributed by atoms with Crippen LogP contribution in [0.15, 0.2) is 24.3 Å². The first kappa shape index (κ1) is 11.6. The van der Waals surface area contributed by atoms with E-state index in [1.807, 2.05) is 31.1 Å². The first-order valence-corrected chi connectivity index (χ1v) is 5.40. The molecule has 1 aliphatic heterocycles. The van der Waals surface area contributed by atoms with E-state index in [1.165, 1.54) is 0 Å². The molecule has 1 aromatic carbocycles. The molecule has 1 heterocycles. The number of nitrogens with zero attached hydrogens (tertiary/aromatic N) is 2. The van der Waals surface area contributed by atoms with E-state index in [1.54, 1.807) is 12.1 Å². The van der Waals surface area contributed by atoms with Gasteiger partial charge in [-0.2, -0.15) is 0 Å². The second-order valence-corrected chi connectivity index (χ2v) is 4.29. The average Bonchev–Trinajstić information content (AvgIpc) is 2.53. The summed E-state index contributed by atoms with van der Waals surface area (Å²) in [6, 6.07) is 6.53. The molecule has 2 N–H and O–H groups in total. The number of hydrogen-bond donors (Lipinski definition) is 1.